The molecule has 0 saturated carbocycles. The third-order valence-corrected chi connectivity index (χ3v) is 6.66. The first-order valence-electron chi connectivity index (χ1n) is 9.31. The predicted molar refractivity (Wildman–Crippen MR) is 112 cm³/mol. The van der Waals surface area contributed by atoms with Gasteiger partial charge in [0.2, 0.25) is 0 Å². The van der Waals surface area contributed by atoms with Crippen LogP contribution in [0.4, 0.5) is 5.13 Å². The Morgan fingerprint density at radius 1 is 1.44 bits per heavy atom. The van der Waals surface area contributed by atoms with Gasteiger partial charge < -0.3 is 35.3 Å². The molecule has 0 aliphatic carbocycles. The molecular formula is C18H16N5NaO8S2. The van der Waals surface area contributed by atoms with E-state index in [1.165, 1.54) is 30.3 Å². The average molecular weight is 517 g/mol. The molecule has 0 spiro atoms. The van der Waals surface area contributed by atoms with E-state index in [4.69, 9.17) is 20.0 Å². The van der Waals surface area contributed by atoms with Gasteiger partial charge in [-0.25, -0.2) is 9.78 Å². The first kappa shape index (κ1) is 26.0. The van der Waals surface area contributed by atoms with Crippen molar-refractivity contribution in [3.05, 3.63) is 34.2 Å². The van der Waals surface area contributed by atoms with Crippen molar-refractivity contribution in [2.24, 2.45) is 5.16 Å². The number of aliphatic carboxylic acids is 1. The number of β-lactam (4-membered cyclic amide) rings is 1. The number of rotatable bonds is 8. The summed E-state index contributed by atoms with van der Waals surface area (Å²) in [5, 5.41) is 19.0. The van der Waals surface area contributed by atoms with E-state index in [9.17, 15) is 24.3 Å². The van der Waals surface area contributed by atoms with E-state index in [1.54, 1.807) is 0 Å². The largest absolute Gasteiger partial charge is 1.00 e. The summed E-state index contributed by atoms with van der Waals surface area (Å²) >= 11 is 2.30. The second-order valence-electron chi connectivity index (χ2n) is 6.81. The number of carbonyl (C=O) groups is 4. The standard InChI is InChI=1S/C18H17N5O8S2.Na/c1-29-22-11(8-5-33-18(19)20-8)14(25)21-12-15(26)23-13(17(27)28)9(6-32-16(12)23)30-3-7-2-10(24)31-4-7;/h2,5,12,16H,3-4,6H2,1H3,(H2,19,20)(H,21,25)(H,27,28);/q;+1/p-1/b22-11-;/t12-,16-;/m1./s1. The van der Waals surface area contributed by atoms with Gasteiger partial charge in [0, 0.05) is 17.0 Å². The van der Waals surface area contributed by atoms with Gasteiger partial charge in [-0.05, 0) is 0 Å². The summed E-state index contributed by atoms with van der Waals surface area (Å²) in [6.45, 7) is -0.0197. The second kappa shape index (κ2) is 10.8. The van der Waals surface area contributed by atoms with Crippen LogP contribution in [0.1, 0.15) is 5.69 Å². The van der Waals surface area contributed by atoms with Gasteiger partial charge in [0.1, 0.15) is 48.9 Å². The van der Waals surface area contributed by atoms with E-state index in [1.807, 2.05) is 0 Å². The van der Waals surface area contributed by atoms with Crippen LogP contribution >= 0.6 is 23.1 Å². The predicted octanol–water partition coefficient (Wildman–Crippen LogP) is -5.06. The first-order valence-corrected chi connectivity index (χ1v) is 11.2. The van der Waals surface area contributed by atoms with Crippen LogP contribution in [0.3, 0.4) is 0 Å². The number of thiazole rings is 1. The number of esters is 1. The van der Waals surface area contributed by atoms with Crippen molar-refractivity contribution >= 4 is 57.7 Å². The molecule has 1 fully saturated rings. The molecule has 0 aromatic carbocycles. The monoisotopic (exact) mass is 517 g/mol. The number of aromatic nitrogens is 1. The van der Waals surface area contributed by atoms with Crippen LogP contribution in [-0.2, 0) is 33.5 Å². The topological polar surface area (TPSA) is 186 Å². The third kappa shape index (κ3) is 5.07. The number of carbonyl (C=O) groups excluding carboxylic acids is 4. The van der Waals surface area contributed by atoms with Crippen molar-refractivity contribution in [1.29, 1.82) is 0 Å². The van der Waals surface area contributed by atoms with Crippen LogP contribution in [0.25, 0.3) is 0 Å². The SMILES string of the molecule is CO/N=C(\C(=O)N[C@@H]1C(=O)N2C(C(=O)[O-])=C(OCC3=CC(=O)OC3)CS[C@H]12)c1csc(N)n1.[Na+]. The molecule has 16 heteroatoms. The zero-order valence-corrected chi connectivity index (χ0v) is 21.6. The van der Waals surface area contributed by atoms with Crippen molar-refractivity contribution in [3.63, 3.8) is 0 Å². The molecule has 34 heavy (non-hydrogen) atoms. The number of cyclic esters (lactones) is 1. The van der Waals surface area contributed by atoms with Crippen LogP contribution in [0.15, 0.2) is 33.6 Å². The fourth-order valence-electron chi connectivity index (χ4n) is 3.27. The van der Waals surface area contributed by atoms with Crippen LogP contribution < -0.4 is 45.7 Å². The molecule has 4 rings (SSSR count). The minimum atomic E-state index is -1.60. The van der Waals surface area contributed by atoms with E-state index in [0.29, 0.717) is 5.57 Å². The minimum Gasteiger partial charge on any atom is -0.543 e. The van der Waals surface area contributed by atoms with Crippen molar-refractivity contribution in [3.8, 4) is 0 Å². The number of nitrogens with zero attached hydrogens (tertiary/aromatic N) is 3. The molecule has 0 bridgehead atoms. The van der Waals surface area contributed by atoms with E-state index in [0.717, 1.165) is 16.2 Å². The van der Waals surface area contributed by atoms with Gasteiger partial charge in [0.05, 0.1) is 11.7 Å². The van der Waals surface area contributed by atoms with Gasteiger partial charge in [-0.1, -0.05) is 5.16 Å². The van der Waals surface area contributed by atoms with Crippen molar-refractivity contribution in [2.45, 2.75) is 11.4 Å². The van der Waals surface area contributed by atoms with Gasteiger partial charge >= 0.3 is 35.5 Å². The normalized spacial score (nSPS) is 21.6. The van der Waals surface area contributed by atoms with E-state index in [-0.39, 0.29) is 70.8 Å². The maximum Gasteiger partial charge on any atom is 1.00 e. The van der Waals surface area contributed by atoms with E-state index < -0.39 is 40.9 Å². The van der Waals surface area contributed by atoms with Crippen LogP contribution in [0.5, 0.6) is 0 Å². The van der Waals surface area contributed by atoms with Crippen molar-refractivity contribution in [2.75, 3.05) is 31.8 Å². The smallest absolute Gasteiger partial charge is 0.543 e. The zero-order valence-electron chi connectivity index (χ0n) is 17.9. The number of ether oxygens (including phenoxy) is 2. The van der Waals surface area contributed by atoms with E-state index in [2.05, 4.69) is 15.5 Å². The molecule has 0 radical (unpaired) electrons. The Morgan fingerprint density at radius 3 is 2.79 bits per heavy atom. The molecule has 13 nitrogen and oxygen atoms in total. The number of nitrogens with one attached hydrogen (secondary N) is 1. The number of oxime groups is 1. The number of hydrogen-bond acceptors (Lipinski definition) is 13. The Morgan fingerprint density at radius 2 is 2.21 bits per heavy atom. The fourth-order valence-corrected chi connectivity index (χ4v) is 5.10. The second-order valence-corrected chi connectivity index (χ2v) is 8.81. The molecule has 1 aromatic heterocycles. The fraction of sp³-hybridized carbons (Fsp3) is 0.333. The Labute approximate surface area is 222 Å². The van der Waals surface area contributed by atoms with Crippen molar-refractivity contribution in [1.82, 2.24) is 15.2 Å². The summed E-state index contributed by atoms with van der Waals surface area (Å²) in [6, 6.07) is -1.01. The number of fused-ring (bicyclic) bond motifs is 1. The summed E-state index contributed by atoms with van der Waals surface area (Å²) in [6.07, 6.45) is 1.26. The molecule has 0 unspecified atom stereocenters. The Kier molecular flexibility index (Phi) is 8.25. The van der Waals surface area contributed by atoms with Gasteiger partial charge in [0.15, 0.2) is 10.8 Å². The number of anilines is 1. The van der Waals surface area contributed by atoms with Crippen LogP contribution in [0, 0.1) is 0 Å². The van der Waals surface area contributed by atoms with Crippen LogP contribution in [-0.4, -0.2) is 76.8 Å². The number of nitrogens with two attached hydrogens (primary N) is 1. The Bertz CT molecular complexity index is 1130. The summed E-state index contributed by atoms with van der Waals surface area (Å²) in [7, 11) is 1.25. The van der Waals surface area contributed by atoms with Crippen LogP contribution in [0.2, 0.25) is 0 Å². The summed E-state index contributed by atoms with van der Waals surface area (Å²) in [5.74, 6) is -3.37. The molecule has 2 amide bonds. The van der Waals surface area contributed by atoms with Gasteiger partial charge in [0.25, 0.3) is 11.8 Å². The summed E-state index contributed by atoms with van der Waals surface area (Å²) < 4.78 is 10.3. The molecule has 1 saturated heterocycles. The number of hydrogen-bond donors (Lipinski definition) is 2. The number of nitrogen functional groups attached to an aromatic ring is 1. The number of thioether (sulfide) groups is 1. The summed E-state index contributed by atoms with van der Waals surface area (Å²) in [4.78, 5) is 58.1. The summed E-state index contributed by atoms with van der Waals surface area (Å²) in [5.41, 5.74) is 5.70. The first-order chi connectivity index (χ1) is 15.8. The average Bonchev–Trinajstić information content (AvgIpc) is 3.40. The molecule has 4 heterocycles. The molecule has 2 atom stereocenters. The number of carboxylic acids is 1. The Hall–Kier alpha value is -2.59. The molecule has 174 valence electrons. The quantitative estimate of drug-likeness (QED) is 0.111. The minimum absolute atomic E-state index is 0. The van der Waals surface area contributed by atoms with Gasteiger partial charge in [-0.2, -0.15) is 0 Å². The van der Waals surface area contributed by atoms with E-state index >= 15 is 0 Å². The zero-order chi connectivity index (χ0) is 23.7. The van der Waals surface area contributed by atoms with Crippen molar-refractivity contribution < 1.29 is 68.2 Å². The molecule has 3 N–H and O–H groups in total. The van der Waals surface area contributed by atoms with Gasteiger partial charge in [-0.15, -0.1) is 23.1 Å². The third-order valence-electron chi connectivity index (χ3n) is 4.73. The molecular weight excluding hydrogens is 501 g/mol. The van der Waals surface area contributed by atoms with Gasteiger partial charge in [-0.3, -0.25) is 14.5 Å². The maximum atomic E-state index is 12.8. The molecule has 1 aromatic rings. The maximum absolute atomic E-state index is 12.8. The molecule has 3 aliphatic rings. The number of carboxylic acid groups (broad SMARTS) is 1. The molecule has 3 aliphatic heterocycles. The number of amides is 2. The Balaban J connectivity index is 0.00000324.